The van der Waals surface area contributed by atoms with Crippen LogP contribution < -0.4 is 5.56 Å². The molecule has 0 unspecified atom stereocenters. The summed E-state index contributed by atoms with van der Waals surface area (Å²) in [7, 11) is 0. The molecule has 0 atom stereocenters. The lowest BCUT2D eigenvalue weighted by Gasteiger charge is -2.23. The lowest BCUT2D eigenvalue weighted by Crippen LogP contribution is -2.30. The van der Waals surface area contributed by atoms with Crippen molar-refractivity contribution < 1.29 is 19.7 Å². The molecule has 98 valence electrons. The average Bonchev–Trinajstić information content (AvgIpc) is 2.33. The van der Waals surface area contributed by atoms with Crippen LogP contribution in [0.3, 0.4) is 0 Å². The van der Waals surface area contributed by atoms with Gasteiger partial charge in [-0.25, -0.2) is 4.79 Å². The number of hydrogen-bond donors (Lipinski definition) is 2. The second kappa shape index (κ2) is 5.22. The molecule has 18 heavy (non-hydrogen) atoms. The Bertz CT molecular complexity index is 502. The Hall–Kier alpha value is -1.82. The number of carboxylic acids is 1. The number of pyridine rings is 1. The van der Waals surface area contributed by atoms with Crippen LogP contribution in [-0.4, -0.2) is 34.0 Å². The Balaban J connectivity index is 2.30. The first-order valence-corrected chi connectivity index (χ1v) is 5.83. The van der Waals surface area contributed by atoms with Crippen LogP contribution in [-0.2, 0) is 11.3 Å². The third kappa shape index (κ3) is 2.70. The Morgan fingerprint density at radius 1 is 1.39 bits per heavy atom. The maximum absolute atomic E-state index is 11.7. The maximum atomic E-state index is 11.7. The van der Waals surface area contributed by atoms with Gasteiger partial charge in [-0.1, -0.05) is 0 Å². The van der Waals surface area contributed by atoms with Crippen LogP contribution in [0, 0.1) is 5.92 Å². The van der Waals surface area contributed by atoms with Gasteiger partial charge in [-0.2, -0.15) is 0 Å². The summed E-state index contributed by atoms with van der Waals surface area (Å²) in [6.07, 6.45) is 1.62. The number of nitrogens with zero attached hydrogens (tertiary/aromatic N) is 1. The van der Waals surface area contributed by atoms with Gasteiger partial charge in [-0.15, -0.1) is 0 Å². The number of carboxylic acid groups (broad SMARTS) is 1. The van der Waals surface area contributed by atoms with Crippen LogP contribution in [0.2, 0.25) is 0 Å². The molecule has 2 rings (SSSR count). The summed E-state index contributed by atoms with van der Waals surface area (Å²) in [5.74, 6) is -1.30. The molecule has 2 N–H and O–H groups in total. The van der Waals surface area contributed by atoms with Gasteiger partial charge in [0, 0.05) is 31.9 Å². The predicted octanol–water partition coefficient (Wildman–Crippen LogP) is 0.679. The number of aromatic carboxylic acids is 1. The normalized spacial score (nSPS) is 16.7. The van der Waals surface area contributed by atoms with Gasteiger partial charge in [-0.05, 0) is 18.8 Å². The molecule has 1 aliphatic heterocycles. The van der Waals surface area contributed by atoms with Crippen LogP contribution in [0.15, 0.2) is 16.9 Å². The van der Waals surface area contributed by atoms with Crippen LogP contribution >= 0.6 is 0 Å². The molecule has 1 aromatic rings. The zero-order chi connectivity index (χ0) is 13.1. The van der Waals surface area contributed by atoms with Gasteiger partial charge < -0.3 is 19.5 Å². The molecule has 0 radical (unpaired) electrons. The Kier molecular flexibility index (Phi) is 3.66. The van der Waals surface area contributed by atoms with E-state index in [2.05, 4.69) is 0 Å². The molecule has 0 amide bonds. The first-order valence-electron chi connectivity index (χ1n) is 5.83. The molecule has 0 aromatic carbocycles. The topological polar surface area (TPSA) is 88.8 Å². The molecule has 0 bridgehead atoms. The smallest absolute Gasteiger partial charge is 0.352 e. The average molecular weight is 253 g/mol. The first-order chi connectivity index (χ1) is 8.58. The predicted molar refractivity (Wildman–Crippen MR) is 62.9 cm³/mol. The Morgan fingerprint density at radius 3 is 2.67 bits per heavy atom. The summed E-state index contributed by atoms with van der Waals surface area (Å²) in [5, 5.41) is 18.3. The van der Waals surface area contributed by atoms with Crippen molar-refractivity contribution in [2.75, 3.05) is 13.2 Å². The Labute approximate surface area is 103 Å². The molecule has 6 nitrogen and oxygen atoms in total. The summed E-state index contributed by atoms with van der Waals surface area (Å²) in [5.41, 5.74) is -0.662. The second-order valence-electron chi connectivity index (χ2n) is 4.41. The van der Waals surface area contributed by atoms with Gasteiger partial charge in [0.25, 0.3) is 5.56 Å². The third-order valence-corrected chi connectivity index (χ3v) is 3.11. The Morgan fingerprint density at radius 2 is 2.06 bits per heavy atom. The molecule has 1 fully saturated rings. The van der Waals surface area contributed by atoms with E-state index in [9.17, 15) is 14.7 Å². The summed E-state index contributed by atoms with van der Waals surface area (Å²) >= 11 is 0. The highest BCUT2D eigenvalue weighted by Gasteiger charge is 2.19. The molecule has 6 heteroatoms. The number of ether oxygens (including phenoxy) is 1. The van der Waals surface area contributed by atoms with Crippen molar-refractivity contribution in [3.63, 3.8) is 0 Å². The van der Waals surface area contributed by atoms with Crippen molar-refractivity contribution in [3.8, 4) is 5.75 Å². The lowest BCUT2D eigenvalue weighted by atomic mass is 10.00. The van der Waals surface area contributed by atoms with E-state index >= 15 is 0 Å². The lowest BCUT2D eigenvalue weighted by molar-refractivity contribution is 0.0587. The molecule has 1 saturated heterocycles. The van der Waals surface area contributed by atoms with Crippen molar-refractivity contribution in [1.29, 1.82) is 0 Å². The molecule has 0 aliphatic carbocycles. The highest BCUT2D eigenvalue weighted by atomic mass is 16.5. The van der Waals surface area contributed by atoms with E-state index in [0.29, 0.717) is 19.8 Å². The minimum Gasteiger partial charge on any atom is -0.508 e. The minimum atomic E-state index is -1.21. The van der Waals surface area contributed by atoms with Crippen molar-refractivity contribution >= 4 is 5.97 Å². The number of aromatic hydroxyl groups is 1. The van der Waals surface area contributed by atoms with Crippen LogP contribution in [0.4, 0.5) is 0 Å². The summed E-state index contributed by atoms with van der Waals surface area (Å²) in [6.45, 7) is 1.63. The standard InChI is InChI=1S/C12H15NO5/c14-9-5-10(12(16)17)13(11(15)6-9)7-8-1-3-18-4-2-8/h5-6,8,14H,1-4,7H2,(H,16,17). The molecule has 1 aromatic heterocycles. The summed E-state index contributed by atoms with van der Waals surface area (Å²) in [6, 6.07) is 2.13. The fourth-order valence-electron chi connectivity index (χ4n) is 2.14. The van der Waals surface area contributed by atoms with Crippen molar-refractivity contribution in [2.45, 2.75) is 19.4 Å². The highest BCUT2D eigenvalue weighted by Crippen LogP contribution is 2.18. The van der Waals surface area contributed by atoms with E-state index < -0.39 is 11.5 Å². The van der Waals surface area contributed by atoms with Gasteiger partial charge in [0.2, 0.25) is 0 Å². The van der Waals surface area contributed by atoms with Crippen LogP contribution in [0.25, 0.3) is 0 Å². The number of aromatic nitrogens is 1. The highest BCUT2D eigenvalue weighted by molar-refractivity contribution is 5.86. The fraction of sp³-hybridized carbons (Fsp3) is 0.500. The van der Waals surface area contributed by atoms with Crippen molar-refractivity contribution in [2.24, 2.45) is 5.92 Å². The van der Waals surface area contributed by atoms with E-state index in [1.807, 2.05) is 0 Å². The van der Waals surface area contributed by atoms with Crippen LogP contribution in [0.1, 0.15) is 23.3 Å². The first kappa shape index (κ1) is 12.6. The van der Waals surface area contributed by atoms with E-state index in [-0.39, 0.29) is 17.4 Å². The van der Waals surface area contributed by atoms with E-state index in [4.69, 9.17) is 9.84 Å². The summed E-state index contributed by atoms with van der Waals surface area (Å²) in [4.78, 5) is 22.8. The minimum absolute atomic E-state index is 0.175. The number of carbonyl (C=O) groups is 1. The number of hydrogen-bond acceptors (Lipinski definition) is 4. The molecule has 2 heterocycles. The number of rotatable bonds is 3. The monoisotopic (exact) mass is 253 g/mol. The van der Waals surface area contributed by atoms with E-state index in [1.165, 1.54) is 4.57 Å². The van der Waals surface area contributed by atoms with Gasteiger partial charge in [0.15, 0.2) is 0 Å². The fourth-order valence-corrected chi connectivity index (χ4v) is 2.14. The second-order valence-corrected chi connectivity index (χ2v) is 4.41. The van der Waals surface area contributed by atoms with Crippen molar-refractivity contribution in [1.82, 2.24) is 4.57 Å². The zero-order valence-corrected chi connectivity index (χ0v) is 9.83. The molecular weight excluding hydrogens is 238 g/mol. The quantitative estimate of drug-likeness (QED) is 0.826. The van der Waals surface area contributed by atoms with Gasteiger partial charge in [0.05, 0.1) is 0 Å². The molecule has 0 spiro atoms. The third-order valence-electron chi connectivity index (χ3n) is 3.11. The van der Waals surface area contributed by atoms with Crippen molar-refractivity contribution in [3.05, 3.63) is 28.2 Å². The van der Waals surface area contributed by atoms with Gasteiger partial charge in [0.1, 0.15) is 11.4 Å². The largest absolute Gasteiger partial charge is 0.508 e. The van der Waals surface area contributed by atoms with Crippen LogP contribution in [0.5, 0.6) is 5.75 Å². The molecule has 1 aliphatic rings. The van der Waals surface area contributed by atoms with Gasteiger partial charge in [-0.3, -0.25) is 4.79 Å². The zero-order valence-electron chi connectivity index (χ0n) is 9.83. The van der Waals surface area contributed by atoms with E-state index in [1.54, 1.807) is 0 Å². The molecular formula is C12H15NO5. The van der Waals surface area contributed by atoms with E-state index in [0.717, 1.165) is 25.0 Å². The summed E-state index contributed by atoms with van der Waals surface area (Å²) < 4.78 is 6.43. The SMILES string of the molecule is O=C(O)c1cc(O)cc(=O)n1CC1CCOCC1. The van der Waals surface area contributed by atoms with Gasteiger partial charge >= 0.3 is 5.97 Å². The molecule has 0 saturated carbocycles. The maximum Gasteiger partial charge on any atom is 0.352 e.